The predicted octanol–water partition coefficient (Wildman–Crippen LogP) is 17.8. The Hall–Kier alpha value is -7.90. The van der Waals surface area contributed by atoms with E-state index >= 15 is 0 Å². The van der Waals surface area contributed by atoms with Gasteiger partial charge >= 0.3 is 0 Å². The third-order valence-corrected chi connectivity index (χ3v) is 16.5. The van der Waals surface area contributed by atoms with E-state index in [1.165, 1.54) is 63.0 Å². The number of hydrogen-bond acceptors (Lipinski definition) is 4. The van der Waals surface area contributed by atoms with E-state index in [2.05, 4.69) is 220 Å². The lowest BCUT2D eigenvalue weighted by Crippen LogP contribution is -1.90. The van der Waals surface area contributed by atoms with Crippen LogP contribution >= 0.6 is 22.7 Å². The molecule has 324 valence electrons. The normalized spacial score (nSPS) is 12.3. The van der Waals surface area contributed by atoms with Crippen molar-refractivity contribution in [2.24, 2.45) is 0 Å². The molecule has 4 nitrogen and oxygen atoms in total. The zero-order chi connectivity index (χ0) is 45.6. The van der Waals surface area contributed by atoms with E-state index in [-0.39, 0.29) is 0 Å². The fraction of sp³-hybridized carbons (Fsp3) is 0.0645. The first kappa shape index (κ1) is 40.4. The van der Waals surface area contributed by atoms with Crippen molar-refractivity contribution in [3.63, 3.8) is 0 Å². The van der Waals surface area contributed by atoms with Crippen LogP contribution in [0.2, 0.25) is 0 Å². The van der Waals surface area contributed by atoms with Crippen LogP contribution in [0, 0.1) is 27.7 Å². The van der Waals surface area contributed by atoms with E-state index < -0.39 is 0 Å². The van der Waals surface area contributed by atoms with Gasteiger partial charge in [-0.2, -0.15) is 0 Å². The molecule has 13 rings (SSSR count). The number of nitrogens with zero attached hydrogens (tertiary/aromatic N) is 2. The standard InChI is InChI=1S/C62H44N4S2/c1-35-15-17-41(18-16-35)58-52-31-27-48(63-52)56(39-11-7-5-8-12-39)50-29-33-54(65-50)59(55-34-30-51(66-55)57(40-13-9-6-10-14-40)49-28-32-53(58)64-49)42-19-21-43(22-20-42)60-37(3)45-24-26-46-47(62(45)68-60)25-23-44-36(2)38(4)67-61(44)46/h5-34,63,66H,1-4H3. The van der Waals surface area contributed by atoms with Crippen LogP contribution in [-0.2, 0) is 0 Å². The summed E-state index contributed by atoms with van der Waals surface area (Å²) in [4.78, 5) is 21.5. The molecule has 0 saturated carbocycles. The van der Waals surface area contributed by atoms with Gasteiger partial charge in [-0.05, 0) is 126 Å². The Balaban J connectivity index is 1.05. The highest BCUT2D eigenvalue weighted by Gasteiger charge is 2.21. The molecule has 0 amide bonds. The Morgan fingerprint density at radius 2 is 0.706 bits per heavy atom. The van der Waals surface area contributed by atoms with Crippen molar-refractivity contribution in [2.75, 3.05) is 0 Å². The molecule has 6 aromatic carbocycles. The lowest BCUT2D eigenvalue weighted by Gasteiger charge is -2.08. The molecule has 7 heterocycles. The van der Waals surface area contributed by atoms with E-state index in [0.29, 0.717) is 0 Å². The smallest absolute Gasteiger partial charge is 0.0737 e. The summed E-state index contributed by atoms with van der Waals surface area (Å²) < 4.78 is 2.74. The zero-order valence-corrected chi connectivity index (χ0v) is 39.7. The van der Waals surface area contributed by atoms with Crippen LogP contribution in [-0.4, -0.2) is 19.9 Å². The molecule has 0 unspecified atom stereocenters. The summed E-state index contributed by atoms with van der Waals surface area (Å²) in [6.07, 6.45) is 8.66. The van der Waals surface area contributed by atoms with E-state index in [1.54, 1.807) is 0 Å². The summed E-state index contributed by atoms with van der Waals surface area (Å²) in [6, 6.07) is 57.2. The quantitative estimate of drug-likeness (QED) is 0.181. The monoisotopic (exact) mass is 908 g/mol. The van der Waals surface area contributed by atoms with Gasteiger partial charge in [-0.3, -0.25) is 0 Å². The van der Waals surface area contributed by atoms with Crippen LogP contribution in [0.5, 0.6) is 0 Å². The number of H-pyrrole nitrogens is 2. The van der Waals surface area contributed by atoms with Crippen LogP contribution in [0.25, 0.3) is 132 Å². The van der Waals surface area contributed by atoms with Gasteiger partial charge in [-0.15, -0.1) is 22.7 Å². The Morgan fingerprint density at radius 1 is 0.338 bits per heavy atom. The minimum Gasteiger partial charge on any atom is -0.354 e. The van der Waals surface area contributed by atoms with Crippen LogP contribution in [0.1, 0.15) is 44.3 Å². The number of fused-ring (bicyclic) bond motifs is 13. The Morgan fingerprint density at radius 3 is 1.16 bits per heavy atom. The van der Waals surface area contributed by atoms with Gasteiger partial charge in [0.1, 0.15) is 0 Å². The second-order valence-electron chi connectivity index (χ2n) is 18.0. The van der Waals surface area contributed by atoms with Gasteiger partial charge in [-0.1, -0.05) is 139 Å². The highest BCUT2D eigenvalue weighted by Crippen LogP contribution is 2.46. The van der Waals surface area contributed by atoms with Gasteiger partial charge in [0, 0.05) is 74.2 Å². The maximum absolute atomic E-state index is 5.54. The Labute approximate surface area is 402 Å². The van der Waals surface area contributed by atoms with E-state index in [1.807, 2.05) is 22.7 Å². The first-order chi connectivity index (χ1) is 33.3. The van der Waals surface area contributed by atoms with Gasteiger partial charge < -0.3 is 9.97 Å². The molecule has 0 fully saturated rings. The third-order valence-electron chi connectivity index (χ3n) is 13.9. The molecule has 11 aromatic rings. The van der Waals surface area contributed by atoms with E-state index in [0.717, 1.165) is 89.4 Å². The summed E-state index contributed by atoms with van der Waals surface area (Å²) in [6.45, 7) is 8.89. The van der Waals surface area contributed by atoms with Gasteiger partial charge in [0.25, 0.3) is 0 Å². The molecule has 0 saturated heterocycles. The van der Waals surface area contributed by atoms with Crippen molar-refractivity contribution < 1.29 is 0 Å². The molecule has 2 aliphatic rings. The summed E-state index contributed by atoms with van der Waals surface area (Å²) in [5, 5.41) is 5.38. The molecule has 2 aliphatic heterocycles. The Kier molecular flexibility index (Phi) is 9.43. The van der Waals surface area contributed by atoms with E-state index in [9.17, 15) is 0 Å². The number of rotatable bonds is 5. The fourth-order valence-corrected chi connectivity index (χ4v) is 12.8. The van der Waals surface area contributed by atoms with Gasteiger partial charge in [0.2, 0.25) is 0 Å². The van der Waals surface area contributed by atoms with Crippen molar-refractivity contribution in [1.29, 1.82) is 0 Å². The number of aryl methyl sites for hydroxylation is 4. The number of aromatic nitrogens is 4. The molecule has 8 bridgehead atoms. The minimum atomic E-state index is 0.894. The number of thiophene rings is 2. The summed E-state index contributed by atoms with van der Waals surface area (Å²) in [5.41, 5.74) is 21.2. The first-order valence-electron chi connectivity index (χ1n) is 23.1. The molecule has 5 aromatic heterocycles. The highest BCUT2D eigenvalue weighted by atomic mass is 32.1. The van der Waals surface area contributed by atoms with Gasteiger partial charge in [0.15, 0.2) is 0 Å². The van der Waals surface area contributed by atoms with Crippen LogP contribution in [0.4, 0.5) is 0 Å². The largest absolute Gasteiger partial charge is 0.354 e. The fourth-order valence-electron chi connectivity index (χ4n) is 10.3. The highest BCUT2D eigenvalue weighted by molar-refractivity contribution is 7.24. The molecular formula is C62H44N4S2. The molecular weight excluding hydrogens is 865 g/mol. The molecule has 6 heteroatoms. The van der Waals surface area contributed by atoms with Crippen molar-refractivity contribution in [3.8, 4) is 54.9 Å². The lowest BCUT2D eigenvalue weighted by atomic mass is 9.99. The molecule has 0 atom stereocenters. The van der Waals surface area contributed by atoms with Gasteiger partial charge in [0.05, 0.1) is 22.8 Å². The topological polar surface area (TPSA) is 57.4 Å². The minimum absolute atomic E-state index is 0.894. The Bertz CT molecular complexity index is 4050. The maximum atomic E-state index is 5.54. The average Bonchev–Trinajstić information content (AvgIpc) is 4.26. The molecule has 2 N–H and O–H groups in total. The number of aromatic amines is 2. The second kappa shape index (κ2) is 15.9. The number of hydrogen-bond donors (Lipinski definition) is 2. The molecule has 0 aliphatic carbocycles. The second-order valence-corrected chi connectivity index (χ2v) is 20.2. The molecule has 0 radical (unpaired) electrons. The molecule has 0 spiro atoms. The van der Waals surface area contributed by atoms with Gasteiger partial charge in [-0.25, -0.2) is 9.97 Å². The SMILES string of the molecule is Cc1ccc(-c2c3nc(c(-c4ccccc4)c4ccc([nH]4)c(-c4ccc(-c5sc6c(ccc7c6ccc6c(C)c(C)sc67)c5C)cc4)c4nc(c(-c5ccccc5)c5ccc2[nH]5)C=C4)C=C3)cc1. The van der Waals surface area contributed by atoms with Crippen LogP contribution in [0.3, 0.4) is 0 Å². The lowest BCUT2D eigenvalue weighted by molar-refractivity contribution is 1.31. The third kappa shape index (κ3) is 6.55. The first-order valence-corrected chi connectivity index (χ1v) is 24.8. The van der Waals surface area contributed by atoms with Crippen LogP contribution in [0.15, 0.2) is 158 Å². The summed E-state index contributed by atoms with van der Waals surface area (Å²) >= 11 is 3.82. The van der Waals surface area contributed by atoms with Crippen molar-refractivity contribution >= 4 is 100.0 Å². The summed E-state index contributed by atoms with van der Waals surface area (Å²) in [5.74, 6) is 0. The maximum Gasteiger partial charge on any atom is 0.0737 e. The number of benzene rings is 6. The summed E-state index contributed by atoms with van der Waals surface area (Å²) in [7, 11) is 0. The van der Waals surface area contributed by atoms with Crippen molar-refractivity contribution in [3.05, 3.63) is 202 Å². The van der Waals surface area contributed by atoms with Crippen molar-refractivity contribution in [1.82, 2.24) is 19.9 Å². The van der Waals surface area contributed by atoms with Crippen molar-refractivity contribution in [2.45, 2.75) is 27.7 Å². The number of nitrogens with one attached hydrogen (secondary N) is 2. The average molecular weight is 909 g/mol. The zero-order valence-electron chi connectivity index (χ0n) is 38.0. The van der Waals surface area contributed by atoms with Crippen LogP contribution < -0.4 is 0 Å². The van der Waals surface area contributed by atoms with E-state index in [4.69, 9.17) is 9.97 Å². The predicted molar refractivity (Wildman–Crippen MR) is 293 cm³/mol. The molecule has 68 heavy (non-hydrogen) atoms.